The highest BCUT2D eigenvalue weighted by atomic mass is 16.2. The van der Waals surface area contributed by atoms with E-state index in [0.29, 0.717) is 11.5 Å². The second-order valence-electron chi connectivity index (χ2n) is 5.71. The standard InChI is InChI=1S/C17H21NO2/c1-12-7-14(5-4-6-19)10-15(8-12)17(20)18(3)11-16-9-13(16)2/h7-8,10,13,16,19H,6,9,11H2,1-3H3. The van der Waals surface area contributed by atoms with Crippen LogP contribution in [0.4, 0.5) is 0 Å². The van der Waals surface area contributed by atoms with E-state index in [1.165, 1.54) is 6.42 Å². The summed E-state index contributed by atoms with van der Waals surface area (Å²) in [5.41, 5.74) is 2.45. The van der Waals surface area contributed by atoms with Gasteiger partial charge in [-0.25, -0.2) is 0 Å². The summed E-state index contributed by atoms with van der Waals surface area (Å²) in [7, 11) is 1.86. The largest absolute Gasteiger partial charge is 0.384 e. The van der Waals surface area contributed by atoms with Gasteiger partial charge in [0.15, 0.2) is 0 Å². The molecule has 0 spiro atoms. The molecule has 1 saturated carbocycles. The predicted octanol–water partition coefficient (Wildman–Crippen LogP) is 2.07. The van der Waals surface area contributed by atoms with Gasteiger partial charge < -0.3 is 10.0 Å². The number of hydrogen-bond donors (Lipinski definition) is 1. The minimum Gasteiger partial charge on any atom is -0.384 e. The molecule has 0 aliphatic heterocycles. The smallest absolute Gasteiger partial charge is 0.253 e. The molecule has 106 valence electrons. The summed E-state index contributed by atoms with van der Waals surface area (Å²) in [6, 6.07) is 5.60. The van der Waals surface area contributed by atoms with Gasteiger partial charge in [0, 0.05) is 24.7 Å². The lowest BCUT2D eigenvalue weighted by atomic mass is 10.1. The molecule has 0 heterocycles. The van der Waals surface area contributed by atoms with Crippen LogP contribution in [0, 0.1) is 30.6 Å². The number of rotatable bonds is 3. The molecule has 1 amide bonds. The van der Waals surface area contributed by atoms with Gasteiger partial charge in [0.2, 0.25) is 0 Å². The van der Waals surface area contributed by atoms with Crippen molar-refractivity contribution in [1.82, 2.24) is 4.90 Å². The Balaban J connectivity index is 2.14. The van der Waals surface area contributed by atoms with Gasteiger partial charge in [-0.15, -0.1) is 0 Å². The summed E-state index contributed by atoms with van der Waals surface area (Å²) in [4.78, 5) is 14.2. The Hall–Kier alpha value is -1.79. The fraction of sp³-hybridized carbons (Fsp3) is 0.471. The Morgan fingerprint density at radius 1 is 1.45 bits per heavy atom. The highest BCUT2D eigenvalue weighted by Crippen LogP contribution is 2.38. The molecule has 2 rings (SSSR count). The number of benzene rings is 1. The lowest BCUT2D eigenvalue weighted by Gasteiger charge is -2.17. The van der Waals surface area contributed by atoms with Gasteiger partial charge in [0.05, 0.1) is 0 Å². The van der Waals surface area contributed by atoms with Crippen molar-refractivity contribution in [2.24, 2.45) is 11.8 Å². The van der Waals surface area contributed by atoms with Gasteiger partial charge in [0.25, 0.3) is 5.91 Å². The van der Waals surface area contributed by atoms with E-state index in [1.807, 2.05) is 26.1 Å². The summed E-state index contributed by atoms with van der Waals surface area (Å²) < 4.78 is 0. The SMILES string of the molecule is Cc1cc(C#CCO)cc(C(=O)N(C)CC2CC2C)c1. The Bertz CT molecular complexity index is 568. The number of aliphatic hydroxyl groups excluding tert-OH is 1. The van der Waals surface area contributed by atoms with Crippen molar-refractivity contribution < 1.29 is 9.90 Å². The number of carbonyl (C=O) groups excluding carboxylic acids is 1. The second-order valence-corrected chi connectivity index (χ2v) is 5.71. The van der Waals surface area contributed by atoms with Gasteiger partial charge >= 0.3 is 0 Å². The molecule has 1 aromatic carbocycles. The maximum atomic E-state index is 12.4. The van der Waals surface area contributed by atoms with Gasteiger partial charge in [0.1, 0.15) is 6.61 Å². The van der Waals surface area contributed by atoms with Crippen LogP contribution in [0.1, 0.15) is 34.8 Å². The minimum atomic E-state index is -0.170. The molecule has 0 radical (unpaired) electrons. The number of hydrogen-bond acceptors (Lipinski definition) is 2. The molecule has 1 fully saturated rings. The lowest BCUT2D eigenvalue weighted by molar-refractivity contribution is 0.0787. The van der Waals surface area contributed by atoms with E-state index in [-0.39, 0.29) is 12.5 Å². The van der Waals surface area contributed by atoms with Crippen LogP contribution in [-0.4, -0.2) is 36.1 Å². The van der Waals surface area contributed by atoms with E-state index in [9.17, 15) is 4.79 Å². The molecule has 3 nitrogen and oxygen atoms in total. The third-order valence-electron chi connectivity index (χ3n) is 3.77. The maximum Gasteiger partial charge on any atom is 0.253 e. The molecule has 1 aromatic rings. The average Bonchev–Trinajstić information content (AvgIpc) is 3.10. The first-order valence-electron chi connectivity index (χ1n) is 6.98. The average molecular weight is 271 g/mol. The zero-order valence-corrected chi connectivity index (χ0v) is 12.3. The van der Waals surface area contributed by atoms with Crippen LogP contribution in [0.25, 0.3) is 0 Å². The van der Waals surface area contributed by atoms with Crippen molar-refractivity contribution in [3.05, 3.63) is 34.9 Å². The van der Waals surface area contributed by atoms with Crippen LogP contribution in [0.2, 0.25) is 0 Å². The van der Waals surface area contributed by atoms with Crippen LogP contribution in [0.5, 0.6) is 0 Å². The monoisotopic (exact) mass is 271 g/mol. The molecule has 2 atom stereocenters. The number of amides is 1. The summed E-state index contributed by atoms with van der Waals surface area (Å²) in [5, 5.41) is 8.75. The Kier molecular flexibility index (Phi) is 4.46. The van der Waals surface area contributed by atoms with Crippen molar-refractivity contribution in [2.45, 2.75) is 20.3 Å². The fourth-order valence-electron chi connectivity index (χ4n) is 2.43. The van der Waals surface area contributed by atoms with Crippen molar-refractivity contribution in [1.29, 1.82) is 0 Å². The highest BCUT2D eigenvalue weighted by Gasteiger charge is 2.34. The second kappa shape index (κ2) is 6.11. The van der Waals surface area contributed by atoms with Gasteiger partial charge in [-0.3, -0.25) is 4.79 Å². The maximum absolute atomic E-state index is 12.4. The number of aryl methyl sites for hydroxylation is 1. The molecular weight excluding hydrogens is 250 g/mol. The number of nitrogens with zero attached hydrogens (tertiary/aromatic N) is 1. The first kappa shape index (κ1) is 14.6. The summed E-state index contributed by atoms with van der Waals surface area (Å²) in [6.45, 7) is 4.82. The third kappa shape index (κ3) is 3.61. The van der Waals surface area contributed by atoms with Gasteiger partial charge in [-0.1, -0.05) is 18.8 Å². The van der Waals surface area contributed by atoms with Crippen molar-refractivity contribution in [3.8, 4) is 11.8 Å². The Morgan fingerprint density at radius 2 is 2.15 bits per heavy atom. The van der Waals surface area contributed by atoms with Crippen LogP contribution in [0.3, 0.4) is 0 Å². The molecule has 0 saturated heterocycles. The van der Waals surface area contributed by atoms with Crippen LogP contribution in [-0.2, 0) is 0 Å². The predicted molar refractivity (Wildman–Crippen MR) is 79.4 cm³/mol. The van der Waals surface area contributed by atoms with E-state index >= 15 is 0 Å². The molecule has 0 aromatic heterocycles. The van der Waals surface area contributed by atoms with Crippen molar-refractivity contribution in [3.63, 3.8) is 0 Å². The summed E-state index contributed by atoms with van der Waals surface area (Å²) >= 11 is 0. The van der Waals surface area contributed by atoms with Crippen molar-refractivity contribution >= 4 is 5.91 Å². The van der Waals surface area contributed by atoms with E-state index < -0.39 is 0 Å². The summed E-state index contributed by atoms with van der Waals surface area (Å²) in [6.07, 6.45) is 1.22. The molecular formula is C17H21NO2. The fourth-order valence-corrected chi connectivity index (χ4v) is 2.43. The van der Waals surface area contributed by atoms with E-state index in [0.717, 1.165) is 23.6 Å². The quantitative estimate of drug-likeness (QED) is 0.855. The van der Waals surface area contributed by atoms with Crippen molar-refractivity contribution in [2.75, 3.05) is 20.2 Å². The van der Waals surface area contributed by atoms with E-state index in [2.05, 4.69) is 18.8 Å². The third-order valence-corrected chi connectivity index (χ3v) is 3.77. The zero-order chi connectivity index (χ0) is 14.7. The minimum absolute atomic E-state index is 0.0415. The zero-order valence-electron chi connectivity index (χ0n) is 12.3. The molecule has 20 heavy (non-hydrogen) atoms. The van der Waals surface area contributed by atoms with E-state index in [1.54, 1.807) is 11.0 Å². The Labute approximate surface area is 120 Å². The molecule has 1 aliphatic rings. The van der Waals surface area contributed by atoms with Gasteiger partial charge in [-0.2, -0.15) is 0 Å². The molecule has 3 heteroatoms. The first-order valence-corrected chi connectivity index (χ1v) is 6.98. The molecule has 1 N–H and O–H groups in total. The Morgan fingerprint density at radius 3 is 2.75 bits per heavy atom. The van der Waals surface area contributed by atoms with E-state index in [4.69, 9.17) is 5.11 Å². The molecule has 2 unspecified atom stereocenters. The normalized spacial score (nSPS) is 20.0. The van der Waals surface area contributed by atoms with Crippen LogP contribution < -0.4 is 0 Å². The first-order chi connectivity index (χ1) is 9.51. The molecule has 0 bridgehead atoms. The lowest BCUT2D eigenvalue weighted by Crippen LogP contribution is -2.29. The number of aliphatic hydroxyl groups is 1. The highest BCUT2D eigenvalue weighted by molar-refractivity contribution is 5.94. The molecule has 1 aliphatic carbocycles. The van der Waals surface area contributed by atoms with Crippen LogP contribution >= 0.6 is 0 Å². The topological polar surface area (TPSA) is 40.5 Å². The number of carbonyl (C=O) groups is 1. The van der Waals surface area contributed by atoms with Gasteiger partial charge in [-0.05, 0) is 48.9 Å². The summed E-state index contributed by atoms with van der Waals surface area (Å²) in [5.74, 6) is 6.92. The van der Waals surface area contributed by atoms with Crippen LogP contribution in [0.15, 0.2) is 18.2 Å².